The summed E-state index contributed by atoms with van der Waals surface area (Å²) in [5.41, 5.74) is 0.660. The van der Waals surface area contributed by atoms with Crippen molar-refractivity contribution in [2.24, 2.45) is 11.8 Å². The maximum Gasteiger partial charge on any atom is 0.416 e. The van der Waals surface area contributed by atoms with Gasteiger partial charge in [-0.05, 0) is 78.4 Å². The SMILES string of the molecule is CC(C)CCN1CCC(c2ccsc2)C(COc2cccc(C(F)(F)F)c2)C1. The van der Waals surface area contributed by atoms with Crippen molar-refractivity contribution >= 4 is 11.3 Å². The van der Waals surface area contributed by atoms with E-state index in [1.54, 1.807) is 17.4 Å². The summed E-state index contributed by atoms with van der Waals surface area (Å²) in [6, 6.07) is 7.35. The number of rotatable bonds is 7. The van der Waals surface area contributed by atoms with E-state index in [9.17, 15) is 13.2 Å². The van der Waals surface area contributed by atoms with Crippen molar-refractivity contribution in [3.8, 4) is 5.75 Å². The van der Waals surface area contributed by atoms with Gasteiger partial charge in [0, 0.05) is 12.5 Å². The fourth-order valence-electron chi connectivity index (χ4n) is 3.81. The van der Waals surface area contributed by atoms with Crippen LogP contribution in [0, 0.1) is 11.8 Å². The van der Waals surface area contributed by atoms with Crippen molar-refractivity contribution in [1.82, 2.24) is 4.90 Å². The van der Waals surface area contributed by atoms with Crippen LogP contribution in [0.4, 0.5) is 13.2 Å². The normalized spacial score (nSPS) is 21.2. The predicted molar refractivity (Wildman–Crippen MR) is 108 cm³/mol. The molecule has 2 aromatic rings. The summed E-state index contributed by atoms with van der Waals surface area (Å²) in [6.07, 6.45) is -2.13. The lowest BCUT2D eigenvalue weighted by atomic mass is 9.82. The van der Waals surface area contributed by atoms with Crippen LogP contribution in [0.15, 0.2) is 41.1 Å². The molecule has 0 aliphatic carbocycles. The van der Waals surface area contributed by atoms with Gasteiger partial charge in [0.15, 0.2) is 0 Å². The van der Waals surface area contributed by atoms with Crippen molar-refractivity contribution in [2.75, 3.05) is 26.2 Å². The number of halogens is 3. The van der Waals surface area contributed by atoms with Crippen LogP contribution in [0.5, 0.6) is 5.75 Å². The second-order valence-corrected chi connectivity index (χ2v) is 8.81. The largest absolute Gasteiger partial charge is 0.493 e. The van der Waals surface area contributed by atoms with E-state index in [4.69, 9.17) is 4.74 Å². The highest BCUT2D eigenvalue weighted by molar-refractivity contribution is 7.07. The van der Waals surface area contributed by atoms with Gasteiger partial charge in [0.05, 0.1) is 12.2 Å². The minimum atomic E-state index is -4.35. The molecule has 28 heavy (non-hydrogen) atoms. The fourth-order valence-corrected chi connectivity index (χ4v) is 4.54. The van der Waals surface area contributed by atoms with Crippen LogP contribution in [0.3, 0.4) is 0 Å². The van der Waals surface area contributed by atoms with Gasteiger partial charge in [-0.1, -0.05) is 19.9 Å². The van der Waals surface area contributed by atoms with Gasteiger partial charge in [0.1, 0.15) is 5.75 Å². The maximum atomic E-state index is 13.0. The number of benzene rings is 1. The molecule has 3 rings (SSSR count). The molecule has 2 nitrogen and oxygen atoms in total. The van der Waals surface area contributed by atoms with E-state index < -0.39 is 11.7 Å². The molecule has 1 fully saturated rings. The van der Waals surface area contributed by atoms with E-state index in [0.717, 1.165) is 44.6 Å². The van der Waals surface area contributed by atoms with Crippen LogP contribution in [0.2, 0.25) is 0 Å². The van der Waals surface area contributed by atoms with Crippen LogP contribution < -0.4 is 4.74 Å². The van der Waals surface area contributed by atoms with Crippen LogP contribution in [-0.4, -0.2) is 31.1 Å². The zero-order chi connectivity index (χ0) is 20.1. The van der Waals surface area contributed by atoms with Crippen molar-refractivity contribution in [3.63, 3.8) is 0 Å². The first-order valence-electron chi connectivity index (χ1n) is 9.87. The molecule has 1 saturated heterocycles. The second-order valence-electron chi connectivity index (χ2n) is 8.03. The Morgan fingerprint density at radius 2 is 2.07 bits per heavy atom. The lowest BCUT2D eigenvalue weighted by Crippen LogP contribution is -2.42. The molecule has 0 spiro atoms. The molecule has 0 amide bonds. The van der Waals surface area contributed by atoms with E-state index in [2.05, 4.69) is 35.6 Å². The monoisotopic (exact) mass is 411 g/mol. The molecule has 0 N–H and O–H groups in total. The summed E-state index contributed by atoms with van der Waals surface area (Å²) in [4.78, 5) is 2.48. The standard InChI is InChI=1S/C22H28F3NOS/c1-16(2)6-9-26-10-7-21(17-8-11-28-15-17)18(13-26)14-27-20-5-3-4-19(12-20)22(23,24)25/h3-5,8,11-12,15-16,18,21H,6-7,9-10,13-14H2,1-2H3. The Bertz CT molecular complexity index is 730. The molecular weight excluding hydrogens is 383 g/mol. The van der Waals surface area contributed by atoms with Crippen LogP contribution in [-0.2, 0) is 6.18 Å². The number of likely N-dealkylation sites (tertiary alicyclic amines) is 1. The molecule has 1 aromatic carbocycles. The average Bonchev–Trinajstić information content (AvgIpc) is 3.19. The molecule has 154 valence electrons. The minimum Gasteiger partial charge on any atom is -0.493 e. The number of piperidine rings is 1. The summed E-state index contributed by atoms with van der Waals surface area (Å²) < 4.78 is 44.7. The van der Waals surface area contributed by atoms with Crippen LogP contribution in [0.25, 0.3) is 0 Å². The zero-order valence-electron chi connectivity index (χ0n) is 16.4. The van der Waals surface area contributed by atoms with Gasteiger partial charge >= 0.3 is 6.18 Å². The van der Waals surface area contributed by atoms with Crippen molar-refractivity contribution in [2.45, 2.75) is 38.8 Å². The highest BCUT2D eigenvalue weighted by Crippen LogP contribution is 2.36. The van der Waals surface area contributed by atoms with Gasteiger partial charge in [-0.15, -0.1) is 0 Å². The number of ether oxygens (including phenoxy) is 1. The van der Waals surface area contributed by atoms with Gasteiger partial charge in [0.2, 0.25) is 0 Å². The summed E-state index contributed by atoms with van der Waals surface area (Å²) in [5, 5.41) is 4.27. The van der Waals surface area contributed by atoms with Crippen LogP contribution >= 0.6 is 11.3 Å². The highest BCUT2D eigenvalue weighted by Gasteiger charge is 2.32. The first kappa shape index (κ1) is 21.2. The minimum absolute atomic E-state index is 0.269. The number of hydrogen-bond acceptors (Lipinski definition) is 3. The predicted octanol–water partition coefficient (Wildman–Crippen LogP) is 6.30. The Morgan fingerprint density at radius 3 is 2.75 bits per heavy atom. The van der Waals surface area contributed by atoms with Gasteiger partial charge < -0.3 is 9.64 Å². The molecule has 1 aliphatic heterocycles. The Balaban J connectivity index is 1.68. The smallest absolute Gasteiger partial charge is 0.416 e. The third kappa shape index (κ3) is 5.74. The van der Waals surface area contributed by atoms with Crippen molar-refractivity contribution < 1.29 is 17.9 Å². The number of alkyl halides is 3. The van der Waals surface area contributed by atoms with Gasteiger partial charge in [-0.25, -0.2) is 0 Å². The summed E-state index contributed by atoms with van der Waals surface area (Å²) in [6.45, 7) is 7.94. The number of thiophene rings is 1. The molecule has 0 bridgehead atoms. The topological polar surface area (TPSA) is 12.5 Å². The molecule has 0 radical (unpaired) electrons. The number of hydrogen-bond donors (Lipinski definition) is 0. The van der Waals surface area contributed by atoms with Gasteiger partial charge in [-0.3, -0.25) is 0 Å². The molecule has 1 aliphatic rings. The zero-order valence-corrected chi connectivity index (χ0v) is 17.2. The summed E-state index contributed by atoms with van der Waals surface area (Å²) in [5.74, 6) is 1.62. The first-order valence-corrected chi connectivity index (χ1v) is 10.8. The summed E-state index contributed by atoms with van der Waals surface area (Å²) >= 11 is 1.69. The second kappa shape index (κ2) is 9.31. The number of nitrogens with zero attached hydrogens (tertiary/aromatic N) is 1. The molecule has 0 saturated carbocycles. The average molecular weight is 412 g/mol. The fraction of sp³-hybridized carbons (Fsp3) is 0.545. The molecular formula is C22H28F3NOS. The van der Waals surface area contributed by atoms with E-state index in [1.807, 2.05) is 0 Å². The maximum absolute atomic E-state index is 13.0. The summed E-state index contributed by atoms with van der Waals surface area (Å²) in [7, 11) is 0. The Kier molecular flexibility index (Phi) is 7.05. The Labute approximate surface area is 169 Å². The Hall–Kier alpha value is -1.53. The lowest BCUT2D eigenvalue weighted by Gasteiger charge is -2.38. The highest BCUT2D eigenvalue weighted by atomic mass is 32.1. The van der Waals surface area contributed by atoms with E-state index >= 15 is 0 Å². The molecule has 2 unspecified atom stereocenters. The van der Waals surface area contributed by atoms with Gasteiger partial charge in [0.25, 0.3) is 0 Å². The molecule has 2 heterocycles. The molecule has 1 aromatic heterocycles. The van der Waals surface area contributed by atoms with Crippen LogP contribution in [0.1, 0.15) is 43.7 Å². The van der Waals surface area contributed by atoms with Crippen molar-refractivity contribution in [3.05, 3.63) is 52.2 Å². The quantitative estimate of drug-likeness (QED) is 0.530. The lowest BCUT2D eigenvalue weighted by molar-refractivity contribution is -0.137. The van der Waals surface area contributed by atoms with Crippen molar-refractivity contribution in [1.29, 1.82) is 0 Å². The van der Waals surface area contributed by atoms with E-state index in [-0.39, 0.29) is 11.7 Å². The third-order valence-corrected chi connectivity index (χ3v) is 6.14. The molecule has 6 heteroatoms. The van der Waals surface area contributed by atoms with Gasteiger partial charge in [-0.2, -0.15) is 24.5 Å². The third-order valence-electron chi connectivity index (χ3n) is 5.44. The Morgan fingerprint density at radius 1 is 1.25 bits per heavy atom. The molecule has 2 atom stereocenters. The van der Waals surface area contributed by atoms with E-state index in [0.29, 0.717) is 18.4 Å². The van der Waals surface area contributed by atoms with E-state index in [1.165, 1.54) is 11.6 Å². The first-order chi connectivity index (χ1) is 13.3.